The highest BCUT2D eigenvalue weighted by Gasteiger charge is 2.33. The smallest absolute Gasteiger partial charge is 0.235 e. The van der Waals surface area contributed by atoms with Crippen molar-refractivity contribution >= 4 is 23.6 Å². The molecule has 2 aliphatic rings. The SMILES string of the molecule is CC1CCN(c2nnc(SC(C)C(=O)N(C)C)n2C2CC2)CC1. The maximum absolute atomic E-state index is 12.1. The van der Waals surface area contributed by atoms with Gasteiger partial charge in [0.1, 0.15) is 0 Å². The van der Waals surface area contributed by atoms with Crippen LogP contribution in [-0.4, -0.2) is 58.0 Å². The minimum atomic E-state index is -0.138. The number of carbonyl (C=O) groups is 1. The molecular formula is C16H27N5OS. The van der Waals surface area contributed by atoms with Gasteiger partial charge in [-0.3, -0.25) is 9.36 Å². The summed E-state index contributed by atoms with van der Waals surface area (Å²) in [6, 6.07) is 0.517. The summed E-state index contributed by atoms with van der Waals surface area (Å²) in [5.74, 6) is 1.93. The van der Waals surface area contributed by atoms with Crippen LogP contribution in [0.2, 0.25) is 0 Å². The van der Waals surface area contributed by atoms with Gasteiger partial charge in [0.05, 0.1) is 5.25 Å². The van der Waals surface area contributed by atoms with Gasteiger partial charge in [0.2, 0.25) is 11.9 Å². The maximum atomic E-state index is 12.1. The third-order valence-corrected chi connectivity index (χ3v) is 5.74. The zero-order chi connectivity index (χ0) is 16.6. The maximum Gasteiger partial charge on any atom is 0.235 e. The molecule has 6 nitrogen and oxygen atoms in total. The monoisotopic (exact) mass is 337 g/mol. The van der Waals surface area contributed by atoms with Crippen LogP contribution in [0.15, 0.2) is 5.16 Å². The van der Waals surface area contributed by atoms with Gasteiger partial charge in [-0.25, -0.2) is 0 Å². The number of hydrogen-bond acceptors (Lipinski definition) is 5. The van der Waals surface area contributed by atoms with Gasteiger partial charge >= 0.3 is 0 Å². The lowest BCUT2D eigenvalue weighted by atomic mass is 10.00. The first-order chi connectivity index (χ1) is 11.0. The fraction of sp³-hybridized carbons (Fsp3) is 0.812. The van der Waals surface area contributed by atoms with Crippen molar-refractivity contribution in [3.8, 4) is 0 Å². The molecule has 1 saturated carbocycles. The molecule has 1 aromatic rings. The zero-order valence-electron chi connectivity index (χ0n) is 14.5. The molecule has 1 aliphatic carbocycles. The van der Waals surface area contributed by atoms with Crippen LogP contribution in [0.3, 0.4) is 0 Å². The molecule has 1 saturated heterocycles. The lowest BCUT2D eigenvalue weighted by Gasteiger charge is -2.31. The van der Waals surface area contributed by atoms with E-state index >= 15 is 0 Å². The van der Waals surface area contributed by atoms with E-state index in [4.69, 9.17) is 0 Å². The number of carbonyl (C=O) groups excluding carboxylic acids is 1. The van der Waals surface area contributed by atoms with Crippen molar-refractivity contribution in [2.24, 2.45) is 5.92 Å². The Balaban J connectivity index is 1.78. The molecule has 1 aliphatic heterocycles. The molecule has 0 bridgehead atoms. The Morgan fingerprint density at radius 3 is 2.43 bits per heavy atom. The largest absolute Gasteiger partial charge is 0.348 e. The van der Waals surface area contributed by atoms with Crippen molar-refractivity contribution in [1.29, 1.82) is 0 Å². The lowest BCUT2D eigenvalue weighted by Crippen LogP contribution is -2.35. The highest BCUT2D eigenvalue weighted by atomic mass is 32.2. The molecule has 1 aromatic heterocycles. The summed E-state index contributed by atoms with van der Waals surface area (Å²) < 4.78 is 2.28. The molecule has 0 radical (unpaired) electrons. The number of aromatic nitrogens is 3. The number of thioether (sulfide) groups is 1. The Kier molecular flexibility index (Phi) is 4.85. The number of rotatable bonds is 5. The minimum absolute atomic E-state index is 0.119. The molecule has 7 heteroatoms. The summed E-state index contributed by atoms with van der Waals surface area (Å²) in [5, 5.41) is 9.65. The summed E-state index contributed by atoms with van der Waals surface area (Å²) >= 11 is 1.53. The fourth-order valence-electron chi connectivity index (χ4n) is 3.00. The molecular weight excluding hydrogens is 310 g/mol. The summed E-state index contributed by atoms with van der Waals surface area (Å²) in [6.45, 7) is 6.38. The molecule has 0 aromatic carbocycles. The lowest BCUT2D eigenvalue weighted by molar-refractivity contribution is -0.127. The van der Waals surface area contributed by atoms with Crippen molar-refractivity contribution in [3.05, 3.63) is 0 Å². The van der Waals surface area contributed by atoms with Crippen molar-refractivity contribution in [1.82, 2.24) is 19.7 Å². The predicted octanol–water partition coefficient (Wildman–Crippen LogP) is 2.42. The first-order valence-corrected chi connectivity index (χ1v) is 9.43. The fourth-order valence-corrected chi connectivity index (χ4v) is 4.06. The van der Waals surface area contributed by atoms with Gasteiger partial charge < -0.3 is 9.80 Å². The topological polar surface area (TPSA) is 54.3 Å². The third-order valence-electron chi connectivity index (χ3n) is 4.70. The number of piperidine rings is 1. The van der Waals surface area contributed by atoms with E-state index in [1.165, 1.54) is 37.4 Å². The van der Waals surface area contributed by atoms with Crippen LogP contribution in [0.5, 0.6) is 0 Å². The molecule has 2 fully saturated rings. The van der Waals surface area contributed by atoms with Crippen LogP contribution in [0, 0.1) is 5.92 Å². The van der Waals surface area contributed by atoms with Gasteiger partial charge in [-0.1, -0.05) is 18.7 Å². The zero-order valence-corrected chi connectivity index (χ0v) is 15.3. The van der Waals surface area contributed by atoms with E-state index < -0.39 is 0 Å². The van der Waals surface area contributed by atoms with Gasteiger partial charge in [-0.15, -0.1) is 10.2 Å². The number of anilines is 1. The number of nitrogens with zero attached hydrogens (tertiary/aromatic N) is 5. The molecule has 2 heterocycles. The van der Waals surface area contributed by atoms with E-state index in [-0.39, 0.29) is 11.2 Å². The van der Waals surface area contributed by atoms with Gasteiger partial charge in [0, 0.05) is 33.2 Å². The first-order valence-electron chi connectivity index (χ1n) is 8.55. The normalized spacial score (nSPS) is 20.6. The van der Waals surface area contributed by atoms with Crippen LogP contribution in [-0.2, 0) is 4.79 Å². The second-order valence-electron chi connectivity index (χ2n) is 7.05. The van der Waals surface area contributed by atoms with Crippen LogP contribution < -0.4 is 4.90 Å². The molecule has 0 spiro atoms. The number of amides is 1. The van der Waals surface area contributed by atoms with Crippen LogP contribution >= 0.6 is 11.8 Å². The van der Waals surface area contributed by atoms with Crippen LogP contribution in [0.1, 0.15) is 45.6 Å². The Morgan fingerprint density at radius 2 is 1.87 bits per heavy atom. The van der Waals surface area contributed by atoms with Crippen molar-refractivity contribution in [2.45, 2.75) is 56.0 Å². The third kappa shape index (κ3) is 3.65. The Morgan fingerprint density at radius 1 is 1.22 bits per heavy atom. The quantitative estimate of drug-likeness (QED) is 0.772. The van der Waals surface area contributed by atoms with Gasteiger partial charge in [-0.05, 0) is 38.5 Å². The van der Waals surface area contributed by atoms with Gasteiger partial charge in [-0.2, -0.15) is 0 Å². The Hall–Kier alpha value is -1.24. The van der Waals surface area contributed by atoms with Crippen LogP contribution in [0.4, 0.5) is 5.95 Å². The molecule has 3 rings (SSSR count). The minimum Gasteiger partial charge on any atom is -0.348 e. The van der Waals surface area contributed by atoms with Crippen molar-refractivity contribution < 1.29 is 4.79 Å². The highest BCUT2D eigenvalue weighted by Crippen LogP contribution is 2.42. The van der Waals surface area contributed by atoms with E-state index in [2.05, 4.69) is 26.6 Å². The van der Waals surface area contributed by atoms with Gasteiger partial charge in [0.15, 0.2) is 5.16 Å². The van der Waals surface area contributed by atoms with E-state index in [0.29, 0.717) is 6.04 Å². The van der Waals surface area contributed by atoms with Gasteiger partial charge in [0.25, 0.3) is 0 Å². The molecule has 0 N–H and O–H groups in total. The second-order valence-corrected chi connectivity index (χ2v) is 8.35. The van der Waals surface area contributed by atoms with E-state index in [0.717, 1.165) is 30.1 Å². The molecule has 23 heavy (non-hydrogen) atoms. The molecule has 1 unspecified atom stereocenters. The second kappa shape index (κ2) is 6.71. The van der Waals surface area contributed by atoms with E-state index in [1.54, 1.807) is 19.0 Å². The summed E-state index contributed by atoms with van der Waals surface area (Å²) in [4.78, 5) is 16.1. The first kappa shape index (κ1) is 16.6. The summed E-state index contributed by atoms with van der Waals surface area (Å²) in [6.07, 6.45) is 4.82. The Labute approximate surface area is 142 Å². The number of hydrogen-bond donors (Lipinski definition) is 0. The molecule has 1 atom stereocenters. The predicted molar refractivity (Wildman–Crippen MR) is 92.9 cm³/mol. The highest BCUT2D eigenvalue weighted by molar-refractivity contribution is 8.00. The standard InChI is InChI=1S/C16H27N5OS/c1-11-7-9-20(10-8-11)15-17-18-16(21(15)13-5-6-13)23-12(2)14(22)19(3)4/h11-13H,5-10H2,1-4H3. The summed E-state index contributed by atoms with van der Waals surface area (Å²) in [5.41, 5.74) is 0. The van der Waals surface area contributed by atoms with E-state index in [9.17, 15) is 4.79 Å². The Bertz CT molecular complexity index is 561. The average Bonchev–Trinajstić information content (AvgIpc) is 3.28. The molecule has 128 valence electrons. The average molecular weight is 337 g/mol. The van der Waals surface area contributed by atoms with E-state index in [1.807, 2.05) is 6.92 Å². The van der Waals surface area contributed by atoms with Crippen LogP contribution in [0.25, 0.3) is 0 Å². The summed E-state index contributed by atoms with van der Waals surface area (Å²) in [7, 11) is 3.59. The molecule has 1 amide bonds. The van der Waals surface area contributed by atoms with Crippen molar-refractivity contribution in [3.63, 3.8) is 0 Å². The van der Waals surface area contributed by atoms with Crippen molar-refractivity contribution in [2.75, 3.05) is 32.1 Å².